The van der Waals surface area contributed by atoms with E-state index >= 15 is 0 Å². The molecule has 302 valence electrons. The van der Waals surface area contributed by atoms with Crippen LogP contribution in [0.5, 0.6) is 0 Å². The van der Waals surface area contributed by atoms with Crippen molar-refractivity contribution in [1.82, 2.24) is 0 Å². The Labute approximate surface area is 310 Å². The first-order valence-electron chi connectivity index (χ1n) is 19.3. The van der Waals surface area contributed by atoms with Crippen molar-refractivity contribution in [3.05, 3.63) is 36.5 Å². The van der Waals surface area contributed by atoms with E-state index in [4.69, 9.17) is 18.5 Å². The number of phosphoric acid groups is 1. The molecule has 0 aromatic carbocycles. The highest BCUT2D eigenvalue weighted by Gasteiger charge is 2.51. The molecule has 1 aliphatic rings. The minimum Gasteiger partial charge on any atom is -0.462 e. The highest BCUT2D eigenvalue weighted by molar-refractivity contribution is 7.47. The molecule has 1 saturated carbocycles. The van der Waals surface area contributed by atoms with Crippen LogP contribution in [0, 0.1) is 0 Å². The smallest absolute Gasteiger partial charge is 0.462 e. The summed E-state index contributed by atoms with van der Waals surface area (Å²) in [5.41, 5.74) is 0. The fourth-order valence-corrected chi connectivity index (χ4v) is 6.50. The molecule has 1 fully saturated rings. The largest absolute Gasteiger partial charge is 0.472 e. The van der Waals surface area contributed by atoms with Crippen molar-refractivity contribution < 1.29 is 63.1 Å². The lowest BCUT2D eigenvalue weighted by Crippen LogP contribution is -2.64. The van der Waals surface area contributed by atoms with Gasteiger partial charge in [-0.25, -0.2) is 4.57 Å². The van der Waals surface area contributed by atoms with Crippen LogP contribution in [0.15, 0.2) is 36.5 Å². The Bertz CT molecular complexity index is 1070. The van der Waals surface area contributed by atoms with Gasteiger partial charge in [0.25, 0.3) is 0 Å². The zero-order chi connectivity index (χ0) is 38.6. The molecule has 0 saturated heterocycles. The maximum absolute atomic E-state index is 12.7. The molecule has 1 rings (SSSR count). The first kappa shape index (κ1) is 48.1. The van der Waals surface area contributed by atoms with Gasteiger partial charge in [-0.1, -0.05) is 108 Å². The Hall–Kier alpha value is -1.93. The van der Waals surface area contributed by atoms with E-state index in [-0.39, 0.29) is 12.8 Å². The Morgan fingerprint density at radius 1 is 0.596 bits per heavy atom. The molecular weight excluding hydrogens is 695 g/mol. The number of esters is 2. The van der Waals surface area contributed by atoms with E-state index in [1.54, 1.807) is 0 Å². The van der Waals surface area contributed by atoms with Crippen LogP contribution in [0.2, 0.25) is 0 Å². The van der Waals surface area contributed by atoms with Crippen molar-refractivity contribution in [3.8, 4) is 0 Å². The van der Waals surface area contributed by atoms with Crippen molar-refractivity contribution in [1.29, 1.82) is 0 Å². The van der Waals surface area contributed by atoms with Crippen LogP contribution < -0.4 is 0 Å². The number of aliphatic hydroxyl groups excluding tert-OH is 5. The molecule has 1 aliphatic carbocycles. The number of allylic oxidation sites excluding steroid dienone is 6. The van der Waals surface area contributed by atoms with Crippen LogP contribution in [0.25, 0.3) is 0 Å². The first-order valence-corrected chi connectivity index (χ1v) is 20.8. The van der Waals surface area contributed by atoms with Gasteiger partial charge in [0.15, 0.2) is 6.10 Å². The van der Waals surface area contributed by atoms with Gasteiger partial charge in [-0.2, -0.15) is 0 Å². The summed E-state index contributed by atoms with van der Waals surface area (Å²) in [6.45, 7) is 3.15. The molecule has 52 heavy (non-hydrogen) atoms. The zero-order valence-corrected chi connectivity index (χ0v) is 32.2. The number of hydrogen-bond donors (Lipinski definition) is 6. The van der Waals surface area contributed by atoms with Gasteiger partial charge in [-0.05, 0) is 51.4 Å². The van der Waals surface area contributed by atoms with Crippen molar-refractivity contribution >= 4 is 19.8 Å². The van der Waals surface area contributed by atoms with Crippen molar-refractivity contribution in [3.63, 3.8) is 0 Å². The lowest BCUT2D eigenvalue weighted by atomic mass is 9.85. The second-order valence-corrected chi connectivity index (χ2v) is 14.8. The molecule has 8 atom stereocenters. The lowest BCUT2D eigenvalue weighted by Gasteiger charge is -2.41. The normalized spacial score (nSPS) is 24.1. The predicted octanol–water partition coefficient (Wildman–Crippen LogP) is 5.88. The number of carbonyl (C=O) groups is 2. The molecule has 13 nitrogen and oxygen atoms in total. The average molecular weight is 763 g/mol. The molecule has 0 radical (unpaired) electrons. The maximum atomic E-state index is 12.7. The topological polar surface area (TPSA) is 210 Å². The van der Waals surface area contributed by atoms with Gasteiger partial charge in [0, 0.05) is 12.8 Å². The number of carbonyl (C=O) groups excluding carboxylic acids is 2. The molecule has 0 aliphatic heterocycles. The van der Waals surface area contributed by atoms with Gasteiger partial charge in [0.05, 0.1) is 6.61 Å². The number of aliphatic hydroxyl groups is 5. The molecule has 6 N–H and O–H groups in total. The second-order valence-electron chi connectivity index (χ2n) is 13.4. The van der Waals surface area contributed by atoms with Gasteiger partial charge >= 0.3 is 19.8 Å². The van der Waals surface area contributed by atoms with E-state index in [2.05, 4.69) is 50.3 Å². The Kier molecular flexibility index (Phi) is 27.2. The van der Waals surface area contributed by atoms with E-state index in [1.165, 1.54) is 38.5 Å². The molecule has 0 aromatic heterocycles. The monoisotopic (exact) mass is 762 g/mol. The fourth-order valence-electron chi connectivity index (χ4n) is 5.53. The lowest BCUT2D eigenvalue weighted by molar-refractivity contribution is -0.220. The summed E-state index contributed by atoms with van der Waals surface area (Å²) in [5, 5.41) is 49.9. The van der Waals surface area contributed by atoms with E-state index in [9.17, 15) is 44.6 Å². The van der Waals surface area contributed by atoms with E-state index in [0.29, 0.717) is 12.8 Å². The molecule has 0 amide bonds. The van der Waals surface area contributed by atoms with Crippen LogP contribution in [-0.2, 0) is 32.7 Å². The fraction of sp³-hybridized carbons (Fsp3) is 0.789. The van der Waals surface area contributed by atoms with E-state index < -0.39 is 75.7 Å². The van der Waals surface area contributed by atoms with Crippen molar-refractivity contribution in [2.45, 2.75) is 179 Å². The van der Waals surface area contributed by atoms with Gasteiger partial charge in [0.2, 0.25) is 0 Å². The zero-order valence-electron chi connectivity index (χ0n) is 31.3. The summed E-state index contributed by atoms with van der Waals surface area (Å²) in [7, 11) is -5.11. The third-order valence-corrected chi connectivity index (χ3v) is 9.72. The third-order valence-electron chi connectivity index (χ3n) is 8.73. The SMILES string of the molecule is CCCCC/C=C/C/C=C/C/C=C/CCCCC(=O)O[C@H](COC(=O)CCCCCCCCCC)COP(=O)(O)OC1C(O)C(O)C(O)[C@@H](O)C1O. The standard InChI is InChI=1S/C38H67O13P/c1-3-5-7-9-11-13-14-15-16-17-18-19-21-23-25-27-32(40)50-30(28-48-31(39)26-24-22-20-12-10-8-6-4-2)29-49-52(46,47)51-38-36(44)34(42)33(41)35(43)37(38)45/h11,13,15-16,18-19,30,33-38,41-45H,3-10,12,14,17,20-29H2,1-2H3,(H,46,47)/b13-11+,16-15+,19-18+/t30-,33?,34-,35?,36?,37?,38?/m1/s1. The Morgan fingerprint density at radius 2 is 1.04 bits per heavy atom. The summed E-state index contributed by atoms with van der Waals surface area (Å²) in [4.78, 5) is 35.3. The molecule has 0 bridgehead atoms. The Balaban J connectivity index is 2.58. The molecule has 0 aromatic rings. The van der Waals surface area contributed by atoms with Gasteiger partial charge in [-0.15, -0.1) is 0 Å². The minimum absolute atomic E-state index is 0.0485. The first-order chi connectivity index (χ1) is 24.9. The third kappa shape index (κ3) is 22.3. The molecule has 0 heterocycles. The van der Waals surface area contributed by atoms with Crippen molar-refractivity contribution in [2.24, 2.45) is 0 Å². The molecule has 0 spiro atoms. The molecule has 6 unspecified atom stereocenters. The highest BCUT2D eigenvalue weighted by atomic mass is 31.2. The summed E-state index contributed by atoms with van der Waals surface area (Å²) in [5.74, 6) is -1.15. The second kappa shape index (κ2) is 29.4. The van der Waals surface area contributed by atoms with Crippen LogP contribution in [0.1, 0.15) is 136 Å². The summed E-state index contributed by atoms with van der Waals surface area (Å²) < 4.78 is 33.2. The van der Waals surface area contributed by atoms with Gasteiger partial charge in [0.1, 0.15) is 43.2 Å². The van der Waals surface area contributed by atoms with Crippen LogP contribution in [0.3, 0.4) is 0 Å². The average Bonchev–Trinajstić information content (AvgIpc) is 3.12. The van der Waals surface area contributed by atoms with Crippen LogP contribution in [0.4, 0.5) is 0 Å². The number of hydrogen-bond acceptors (Lipinski definition) is 12. The summed E-state index contributed by atoms with van der Waals surface area (Å²) in [6.07, 6.45) is 16.7. The Morgan fingerprint density at radius 3 is 1.62 bits per heavy atom. The quantitative estimate of drug-likeness (QED) is 0.0219. The molecule has 14 heteroatoms. The minimum atomic E-state index is -5.11. The number of ether oxygens (including phenoxy) is 2. The van der Waals surface area contributed by atoms with Gasteiger partial charge < -0.3 is 39.9 Å². The van der Waals surface area contributed by atoms with Gasteiger partial charge in [-0.3, -0.25) is 18.6 Å². The van der Waals surface area contributed by atoms with Crippen molar-refractivity contribution in [2.75, 3.05) is 13.2 Å². The van der Waals surface area contributed by atoms with Crippen LogP contribution in [-0.4, -0.2) is 98.3 Å². The highest BCUT2D eigenvalue weighted by Crippen LogP contribution is 2.47. The number of unbranched alkanes of at least 4 members (excludes halogenated alkanes) is 12. The summed E-state index contributed by atoms with van der Waals surface area (Å²) >= 11 is 0. The summed E-state index contributed by atoms with van der Waals surface area (Å²) in [6, 6.07) is 0. The number of rotatable bonds is 30. The van der Waals surface area contributed by atoms with E-state index in [1.807, 2.05) is 0 Å². The van der Waals surface area contributed by atoms with Crippen LogP contribution >= 0.6 is 7.82 Å². The number of phosphoric ester groups is 1. The van der Waals surface area contributed by atoms with E-state index in [0.717, 1.165) is 57.8 Å². The predicted molar refractivity (Wildman–Crippen MR) is 198 cm³/mol. The molecular formula is C38H67O13P. The maximum Gasteiger partial charge on any atom is 0.472 e.